The van der Waals surface area contributed by atoms with Crippen molar-refractivity contribution in [3.05, 3.63) is 41.5 Å². The van der Waals surface area contributed by atoms with E-state index >= 15 is 0 Å². The zero-order valence-corrected chi connectivity index (χ0v) is 8.90. The van der Waals surface area contributed by atoms with Crippen molar-refractivity contribution in [3.8, 4) is 0 Å². The van der Waals surface area contributed by atoms with Crippen molar-refractivity contribution in [2.75, 3.05) is 0 Å². The average molecular weight is 203 g/mol. The van der Waals surface area contributed by atoms with Gasteiger partial charge in [0.25, 0.3) is 0 Å². The molecule has 0 aromatic heterocycles. The SMILES string of the molecule is CCCC/C(=C/c1ccccc1)C(=O)[O-]. The summed E-state index contributed by atoms with van der Waals surface area (Å²) in [6.07, 6.45) is 4.13. The summed E-state index contributed by atoms with van der Waals surface area (Å²) in [6.45, 7) is 2.04. The third kappa shape index (κ3) is 3.98. The highest BCUT2D eigenvalue weighted by atomic mass is 16.4. The quantitative estimate of drug-likeness (QED) is 0.687. The number of hydrogen-bond acceptors (Lipinski definition) is 2. The second-order valence-electron chi connectivity index (χ2n) is 3.47. The number of benzene rings is 1. The predicted molar refractivity (Wildman–Crippen MR) is 59.0 cm³/mol. The molecule has 2 nitrogen and oxygen atoms in total. The van der Waals surface area contributed by atoms with Gasteiger partial charge in [-0.2, -0.15) is 0 Å². The van der Waals surface area contributed by atoms with Gasteiger partial charge in [0, 0.05) is 0 Å². The van der Waals surface area contributed by atoms with Gasteiger partial charge in [-0.1, -0.05) is 43.7 Å². The summed E-state index contributed by atoms with van der Waals surface area (Å²) in [7, 11) is 0. The molecule has 0 fully saturated rings. The van der Waals surface area contributed by atoms with Crippen molar-refractivity contribution in [1.82, 2.24) is 0 Å². The summed E-state index contributed by atoms with van der Waals surface area (Å²) in [5.74, 6) is -1.06. The maximum Gasteiger partial charge on any atom is 0.0675 e. The lowest BCUT2D eigenvalue weighted by Crippen LogP contribution is -2.24. The molecule has 0 radical (unpaired) electrons. The smallest absolute Gasteiger partial charge is 0.0675 e. The van der Waals surface area contributed by atoms with Crippen molar-refractivity contribution in [1.29, 1.82) is 0 Å². The second-order valence-corrected chi connectivity index (χ2v) is 3.47. The topological polar surface area (TPSA) is 40.1 Å². The van der Waals surface area contributed by atoms with Crippen LogP contribution in [0.15, 0.2) is 35.9 Å². The zero-order chi connectivity index (χ0) is 11.1. The van der Waals surface area contributed by atoms with Crippen LogP contribution in [0.5, 0.6) is 0 Å². The van der Waals surface area contributed by atoms with Crippen molar-refractivity contribution >= 4 is 12.0 Å². The summed E-state index contributed by atoms with van der Waals surface area (Å²) in [6, 6.07) is 9.45. The van der Waals surface area contributed by atoms with Crippen LogP contribution in [-0.2, 0) is 4.79 Å². The van der Waals surface area contributed by atoms with E-state index in [1.54, 1.807) is 6.08 Å². The van der Waals surface area contributed by atoms with Gasteiger partial charge >= 0.3 is 0 Å². The minimum atomic E-state index is -1.06. The summed E-state index contributed by atoms with van der Waals surface area (Å²) in [5, 5.41) is 10.8. The Morgan fingerprint density at radius 2 is 2.00 bits per heavy atom. The number of rotatable bonds is 5. The molecule has 2 heteroatoms. The number of unbranched alkanes of at least 4 members (excludes halogenated alkanes) is 1. The fourth-order valence-electron chi connectivity index (χ4n) is 1.35. The molecular formula is C13H15O2-. The van der Waals surface area contributed by atoms with Gasteiger partial charge in [-0.3, -0.25) is 0 Å². The van der Waals surface area contributed by atoms with Gasteiger partial charge in [0.05, 0.1) is 5.97 Å². The maximum atomic E-state index is 10.8. The zero-order valence-electron chi connectivity index (χ0n) is 8.90. The standard InChI is InChI=1S/C13H16O2/c1-2-3-9-12(13(14)15)10-11-7-5-4-6-8-11/h4-8,10H,2-3,9H2,1H3,(H,14,15)/p-1/b12-10-. The molecule has 1 aromatic rings. The molecule has 0 unspecified atom stereocenters. The molecule has 0 aliphatic heterocycles. The first kappa shape index (κ1) is 11.5. The first-order valence-corrected chi connectivity index (χ1v) is 5.21. The van der Waals surface area contributed by atoms with Crippen molar-refractivity contribution in [3.63, 3.8) is 0 Å². The minimum Gasteiger partial charge on any atom is -0.545 e. The van der Waals surface area contributed by atoms with E-state index in [2.05, 4.69) is 0 Å². The number of carboxylic acids is 1. The Bertz CT molecular complexity index is 339. The highest BCUT2D eigenvalue weighted by Gasteiger charge is 1.98. The second kappa shape index (κ2) is 6.02. The van der Waals surface area contributed by atoms with E-state index in [0.29, 0.717) is 12.0 Å². The van der Waals surface area contributed by atoms with Gasteiger partial charge in [-0.15, -0.1) is 0 Å². The average Bonchev–Trinajstić information content (AvgIpc) is 2.25. The monoisotopic (exact) mass is 203 g/mol. The van der Waals surface area contributed by atoms with Crippen LogP contribution >= 0.6 is 0 Å². The first-order valence-electron chi connectivity index (χ1n) is 5.21. The Hall–Kier alpha value is -1.57. The van der Waals surface area contributed by atoms with E-state index < -0.39 is 5.97 Å². The lowest BCUT2D eigenvalue weighted by atomic mass is 10.1. The third-order valence-corrected chi connectivity index (χ3v) is 2.20. The Kier molecular flexibility index (Phi) is 4.61. The van der Waals surface area contributed by atoms with Crippen LogP contribution in [0.2, 0.25) is 0 Å². The molecular weight excluding hydrogens is 188 g/mol. The van der Waals surface area contributed by atoms with Crippen molar-refractivity contribution in [2.45, 2.75) is 26.2 Å². The van der Waals surface area contributed by atoms with E-state index in [9.17, 15) is 9.90 Å². The first-order chi connectivity index (χ1) is 7.24. The van der Waals surface area contributed by atoms with Crippen molar-refractivity contribution < 1.29 is 9.90 Å². The molecule has 0 bridgehead atoms. The largest absolute Gasteiger partial charge is 0.545 e. The fraction of sp³-hybridized carbons (Fsp3) is 0.308. The van der Waals surface area contributed by atoms with E-state index in [-0.39, 0.29) is 0 Å². The van der Waals surface area contributed by atoms with Gasteiger partial charge in [0.15, 0.2) is 0 Å². The van der Waals surface area contributed by atoms with Crippen molar-refractivity contribution in [2.24, 2.45) is 0 Å². The molecule has 0 saturated heterocycles. The van der Waals surface area contributed by atoms with Crippen LogP contribution in [0.25, 0.3) is 6.08 Å². The molecule has 1 aromatic carbocycles. The number of carbonyl (C=O) groups is 1. The molecule has 0 aliphatic carbocycles. The van der Waals surface area contributed by atoms with Gasteiger partial charge in [0.1, 0.15) is 0 Å². The van der Waals surface area contributed by atoms with Crippen LogP contribution in [0, 0.1) is 0 Å². The molecule has 0 spiro atoms. The number of carboxylic acid groups (broad SMARTS) is 1. The number of carbonyl (C=O) groups excluding carboxylic acids is 1. The van der Waals surface area contributed by atoms with E-state index in [4.69, 9.17) is 0 Å². The number of hydrogen-bond donors (Lipinski definition) is 0. The Labute approximate surface area is 90.3 Å². The van der Waals surface area contributed by atoms with Gasteiger partial charge in [0.2, 0.25) is 0 Å². The fourth-order valence-corrected chi connectivity index (χ4v) is 1.35. The molecule has 0 heterocycles. The number of aliphatic carboxylic acids is 1. The van der Waals surface area contributed by atoms with Crippen LogP contribution < -0.4 is 5.11 Å². The third-order valence-electron chi connectivity index (χ3n) is 2.20. The summed E-state index contributed by atoms with van der Waals surface area (Å²) >= 11 is 0. The molecule has 80 valence electrons. The lowest BCUT2D eigenvalue weighted by Gasteiger charge is -2.07. The van der Waals surface area contributed by atoms with Crippen LogP contribution in [0.1, 0.15) is 31.7 Å². The Balaban J connectivity index is 2.79. The maximum absolute atomic E-state index is 10.8. The highest BCUT2D eigenvalue weighted by Crippen LogP contribution is 2.12. The lowest BCUT2D eigenvalue weighted by molar-refractivity contribution is -0.299. The summed E-state index contributed by atoms with van der Waals surface area (Å²) in [4.78, 5) is 10.8. The Morgan fingerprint density at radius 1 is 1.33 bits per heavy atom. The van der Waals surface area contributed by atoms with E-state index in [1.807, 2.05) is 37.3 Å². The van der Waals surface area contributed by atoms with Crippen LogP contribution in [-0.4, -0.2) is 5.97 Å². The predicted octanol–water partition coefficient (Wildman–Crippen LogP) is 2.01. The van der Waals surface area contributed by atoms with Gasteiger partial charge in [-0.05, 0) is 30.1 Å². The van der Waals surface area contributed by atoms with E-state index in [1.165, 1.54) is 0 Å². The normalized spacial score (nSPS) is 11.4. The summed E-state index contributed by atoms with van der Waals surface area (Å²) < 4.78 is 0. The molecule has 15 heavy (non-hydrogen) atoms. The minimum absolute atomic E-state index is 0.378. The summed E-state index contributed by atoms with van der Waals surface area (Å²) in [5.41, 5.74) is 1.29. The van der Waals surface area contributed by atoms with Crippen LogP contribution in [0.3, 0.4) is 0 Å². The van der Waals surface area contributed by atoms with Gasteiger partial charge < -0.3 is 9.90 Å². The Morgan fingerprint density at radius 3 is 2.53 bits per heavy atom. The molecule has 0 aliphatic rings. The molecule has 1 rings (SSSR count). The molecule has 0 N–H and O–H groups in total. The van der Waals surface area contributed by atoms with E-state index in [0.717, 1.165) is 18.4 Å². The molecule has 0 atom stereocenters. The van der Waals surface area contributed by atoms with Crippen LogP contribution in [0.4, 0.5) is 0 Å². The highest BCUT2D eigenvalue weighted by molar-refractivity contribution is 5.90. The van der Waals surface area contributed by atoms with Gasteiger partial charge in [-0.25, -0.2) is 0 Å². The molecule has 0 saturated carbocycles. The molecule has 0 amide bonds.